The van der Waals surface area contributed by atoms with Gasteiger partial charge in [-0.1, -0.05) is 13.0 Å². The largest absolute Gasteiger partial charge is 0.336 e. The molecule has 0 aromatic carbocycles. The fourth-order valence-electron chi connectivity index (χ4n) is 1.41. The van der Waals surface area contributed by atoms with Gasteiger partial charge >= 0.3 is 0 Å². The average Bonchev–Trinajstić information content (AvgIpc) is 2.34. The van der Waals surface area contributed by atoms with Crippen LogP contribution in [0.5, 0.6) is 0 Å². The van der Waals surface area contributed by atoms with Crippen molar-refractivity contribution >= 4 is 5.91 Å². The van der Waals surface area contributed by atoms with Gasteiger partial charge in [0.25, 0.3) is 0 Å². The molecule has 4 heteroatoms. The molecular weight excluding hydrogens is 202 g/mol. The zero-order valence-electron chi connectivity index (χ0n) is 9.94. The normalized spacial score (nSPS) is 10.1. The van der Waals surface area contributed by atoms with Crippen LogP contribution in [0.3, 0.4) is 0 Å². The molecule has 4 nitrogen and oxygen atoms in total. The molecule has 0 radical (unpaired) electrons. The smallest absolute Gasteiger partial charge is 0.236 e. The highest BCUT2D eigenvalue weighted by Crippen LogP contribution is 2.00. The third kappa shape index (κ3) is 3.98. The summed E-state index contributed by atoms with van der Waals surface area (Å²) >= 11 is 0. The summed E-state index contributed by atoms with van der Waals surface area (Å²) in [5, 5.41) is 3.04. The molecule has 1 rings (SSSR count). The Hall–Kier alpha value is -1.42. The molecular formula is C12H19N3O. The van der Waals surface area contributed by atoms with Crippen molar-refractivity contribution in [2.45, 2.75) is 20.4 Å². The Morgan fingerprint density at radius 3 is 2.81 bits per heavy atom. The molecule has 0 unspecified atom stereocenters. The van der Waals surface area contributed by atoms with Crippen LogP contribution in [0.4, 0.5) is 0 Å². The maximum atomic E-state index is 11.8. The molecule has 1 aromatic rings. The van der Waals surface area contributed by atoms with Crippen LogP contribution in [-0.2, 0) is 11.3 Å². The predicted molar refractivity (Wildman–Crippen MR) is 63.9 cm³/mol. The number of carbonyl (C=O) groups is 1. The fourth-order valence-corrected chi connectivity index (χ4v) is 1.41. The SMILES string of the molecule is CCNCC(=O)N(CC)Cc1ccccn1. The second kappa shape index (κ2) is 6.95. The van der Waals surface area contributed by atoms with Crippen LogP contribution in [0, 0.1) is 0 Å². The first-order valence-corrected chi connectivity index (χ1v) is 5.66. The van der Waals surface area contributed by atoms with Crippen LogP contribution in [0.1, 0.15) is 19.5 Å². The Bertz CT molecular complexity index is 313. The molecule has 0 aliphatic rings. The molecule has 0 saturated heterocycles. The van der Waals surface area contributed by atoms with Crippen molar-refractivity contribution in [2.24, 2.45) is 0 Å². The van der Waals surface area contributed by atoms with Gasteiger partial charge in [0.1, 0.15) is 0 Å². The van der Waals surface area contributed by atoms with E-state index in [0.29, 0.717) is 19.6 Å². The van der Waals surface area contributed by atoms with E-state index in [-0.39, 0.29) is 5.91 Å². The van der Waals surface area contributed by atoms with Gasteiger partial charge < -0.3 is 10.2 Å². The van der Waals surface area contributed by atoms with Gasteiger partial charge in [0.05, 0.1) is 18.8 Å². The predicted octanol–water partition coefficient (Wildman–Crippen LogP) is 1.04. The summed E-state index contributed by atoms with van der Waals surface area (Å²) in [6, 6.07) is 5.74. The van der Waals surface area contributed by atoms with Crippen LogP contribution in [0.2, 0.25) is 0 Å². The minimum absolute atomic E-state index is 0.120. The molecule has 0 aliphatic carbocycles. The average molecular weight is 221 g/mol. The summed E-state index contributed by atoms with van der Waals surface area (Å²) in [6.07, 6.45) is 1.75. The second-order valence-electron chi connectivity index (χ2n) is 3.51. The van der Waals surface area contributed by atoms with Crippen molar-refractivity contribution in [1.29, 1.82) is 0 Å². The molecule has 16 heavy (non-hydrogen) atoms. The first kappa shape index (κ1) is 12.6. The second-order valence-corrected chi connectivity index (χ2v) is 3.51. The van der Waals surface area contributed by atoms with Gasteiger partial charge in [0.2, 0.25) is 5.91 Å². The van der Waals surface area contributed by atoms with Gasteiger partial charge in [-0.3, -0.25) is 9.78 Å². The summed E-state index contributed by atoms with van der Waals surface area (Å²) in [6.45, 7) is 6.47. The maximum Gasteiger partial charge on any atom is 0.236 e. The van der Waals surface area contributed by atoms with E-state index in [9.17, 15) is 4.79 Å². The third-order valence-corrected chi connectivity index (χ3v) is 2.34. The molecule has 0 saturated carbocycles. The van der Waals surface area contributed by atoms with E-state index in [1.54, 1.807) is 11.1 Å². The fraction of sp³-hybridized carbons (Fsp3) is 0.500. The van der Waals surface area contributed by atoms with E-state index in [1.807, 2.05) is 32.0 Å². The maximum absolute atomic E-state index is 11.8. The first-order chi connectivity index (χ1) is 7.77. The lowest BCUT2D eigenvalue weighted by molar-refractivity contribution is -0.130. The number of aromatic nitrogens is 1. The molecule has 0 bridgehead atoms. The molecule has 0 aliphatic heterocycles. The Morgan fingerprint density at radius 2 is 2.25 bits per heavy atom. The Morgan fingerprint density at radius 1 is 1.44 bits per heavy atom. The Kier molecular flexibility index (Phi) is 5.50. The van der Waals surface area contributed by atoms with Crippen LogP contribution in [-0.4, -0.2) is 35.4 Å². The van der Waals surface area contributed by atoms with Gasteiger partial charge in [-0.25, -0.2) is 0 Å². The van der Waals surface area contributed by atoms with Crippen molar-refractivity contribution in [1.82, 2.24) is 15.2 Å². The van der Waals surface area contributed by atoms with Crippen molar-refractivity contribution in [3.63, 3.8) is 0 Å². The zero-order chi connectivity index (χ0) is 11.8. The minimum Gasteiger partial charge on any atom is -0.336 e. The summed E-state index contributed by atoms with van der Waals surface area (Å²) < 4.78 is 0. The van der Waals surface area contributed by atoms with Crippen molar-refractivity contribution < 1.29 is 4.79 Å². The van der Waals surface area contributed by atoms with Gasteiger partial charge in [0, 0.05) is 12.7 Å². The number of hydrogen-bond donors (Lipinski definition) is 1. The molecule has 0 fully saturated rings. The minimum atomic E-state index is 0.120. The number of amides is 1. The van der Waals surface area contributed by atoms with Crippen LogP contribution >= 0.6 is 0 Å². The number of pyridine rings is 1. The van der Waals surface area contributed by atoms with Gasteiger partial charge in [-0.2, -0.15) is 0 Å². The van der Waals surface area contributed by atoms with Crippen molar-refractivity contribution in [3.05, 3.63) is 30.1 Å². The quantitative estimate of drug-likeness (QED) is 0.780. The van der Waals surface area contributed by atoms with Gasteiger partial charge in [-0.15, -0.1) is 0 Å². The molecule has 1 aromatic heterocycles. The number of rotatable bonds is 6. The van der Waals surface area contributed by atoms with E-state index in [1.165, 1.54) is 0 Å². The Labute approximate surface area is 96.7 Å². The summed E-state index contributed by atoms with van der Waals surface area (Å²) in [7, 11) is 0. The van der Waals surface area contributed by atoms with Crippen LogP contribution < -0.4 is 5.32 Å². The highest BCUT2D eigenvalue weighted by molar-refractivity contribution is 5.78. The summed E-state index contributed by atoms with van der Waals surface area (Å²) in [4.78, 5) is 17.8. The van der Waals surface area contributed by atoms with Crippen LogP contribution in [0.25, 0.3) is 0 Å². The van der Waals surface area contributed by atoms with Crippen LogP contribution in [0.15, 0.2) is 24.4 Å². The number of likely N-dealkylation sites (N-methyl/N-ethyl adjacent to an activating group) is 2. The number of nitrogens with one attached hydrogen (secondary N) is 1. The number of nitrogens with zero attached hydrogens (tertiary/aromatic N) is 2. The highest BCUT2D eigenvalue weighted by atomic mass is 16.2. The number of carbonyl (C=O) groups excluding carboxylic acids is 1. The van der Waals surface area contributed by atoms with E-state index < -0.39 is 0 Å². The standard InChI is InChI=1S/C12H19N3O/c1-3-13-9-12(16)15(4-2)10-11-7-5-6-8-14-11/h5-8,13H,3-4,9-10H2,1-2H3. The van der Waals surface area contributed by atoms with E-state index in [4.69, 9.17) is 0 Å². The third-order valence-electron chi connectivity index (χ3n) is 2.34. The topological polar surface area (TPSA) is 45.2 Å². The number of hydrogen-bond acceptors (Lipinski definition) is 3. The van der Waals surface area contributed by atoms with Gasteiger partial charge in [-0.05, 0) is 25.6 Å². The first-order valence-electron chi connectivity index (χ1n) is 5.66. The molecule has 0 spiro atoms. The summed E-state index contributed by atoms with van der Waals surface area (Å²) in [5.74, 6) is 0.120. The molecule has 0 atom stereocenters. The van der Waals surface area contributed by atoms with E-state index in [2.05, 4.69) is 10.3 Å². The van der Waals surface area contributed by atoms with E-state index >= 15 is 0 Å². The zero-order valence-corrected chi connectivity index (χ0v) is 9.94. The van der Waals surface area contributed by atoms with Crippen molar-refractivity contribution in [3.8, 4) is 0 Å². The highest BCUT2D eigenvalue weighted by Gasteiger charge is 2.11. The molecule has 1 N–H and O–H groups in total. The molecule has 88 valence electrons. The van der Waals surface area contributed by atoms with Gasteiger partial charge in [0.15, 0.2) is 0 Å². The molecule has 1 heterocycles. The van der Waals surface area contributed by atoms with Crippen molar-refractivity contribution in [2.75, 3.05) is 19.6 Å². The lowest BCUT2D eigenvalue weighted by atomic mass is 10.3. The monoisotopic (exact) mass is 221 g/mol. The summed E-state index contributed by atoms with van der Waals surface area (Å²) in [5.41, 5.74) is 0.925. The Balaban J connectivity index is 2.52. The lowest BCUT2D eigenvalue weighted by Crippen LogP contribution is -2.37. The lowest BCUT2D eigenvalue weighted by Gasteiger charge is -2.20. The molecule has 1 amide bonds. The van der Waals surface area contributed by atoms with E-state index in [0.717, 1.165) is 12.2 Å².